The molecule has 226 valence electrons. The molecule has 0 radical (unpaired) electrons. The first-order valence-corrected chi connectivity index (χ1v) is 15.0. The molecule has 0 N–H and O–H groups in total. The zero-order valence-corrected chi connectivity index (χ0v) is 25.1. The summed E-state index contributed by atoms with van der Waals surface area (Å²) in [4.78, 5) is 25.4. The first-order valence-electron chi connectivity index (χ1n) is 13.0. The van der Waals surface area contributed by atoms with Crippen molar-refractivity contribution in [3.8, 4) is 11.5 Å². The number of ether oxygens (including phenoxy) is 3. The predicted molar refractivity (Wildman–Crippen MR) is 164 cm³/mol. The van der Waals surface area contributed by atoms with Crippen LogP contribution in [0.1, 0.15) is 0 Å². The van der Waals surface area contributed by atoms with Crippen molar-refractivity contribution in [3.05, 3.63) is 97.6 Å². The van der Waals surface area contributed by atoms with Crippen molar-refractivity contribution in [2.45, 2.75) is 6.10 Å². The molecule has 0 aliphatic rings. The van der Waals surface area contributed by atoms with E-state index in [1.807, 2.05) is 48.5 Å². The minimum Gasteiger partial charge on any atom is -0.409 e. The smallest absolute Gasteiger partial charge is 0.409 e. The first-order chi connectivity index (χ1) is 20.8. The molecule has 2 amide bonds. The van der Waals surface area contributed by atoms with Crippen LogP contribution in [0.3, 0.4) is 0 Å². The van der Waals surface area contributed by atoms with E-state index in [-0.39, 0.29) is 19.0 Å². The molecular formula is C30H30N2O9S2. The summed E-state index contributed by atoms with van der Waals surface area (Å²) in [5.74, 6) is 0.578. The molecule has 11 nitrogen and oxygen atoms in total. The molecule has 0 spiro atoms. The molecule has 13 heteroatoms. The van der Waals surface area contributed by atoms with E-state index in [1.54, 1.807) is 36.4 Å². The second kappa shape index (κ2) is 15.4. The van der Waals surface area contributed by atoms with Gasteiger partial charge in [-0.05, 0) is 22.9 Å². The van der Waals surface area contributed by atoms with Crippen LogP contribution in [-0.4, -0.2) is 69.2 Å². The van der Waals surface area contributed by atoms with Crippen molar-refractivity contribution in [1.29, 1.82) is 0 Å². The molecule has 3 atom stereocenters. The topological polar surface area (TPSA) is 121 Å². The molecule has 4 aromatic carbocycles. The van der Waals surface area contributed by atoms with E-state index in [9.17, 15) is 18.0 Å². The Morgan fingerprint density at radius 2 is 1.23 bits per heavy atom. The summed E-state index contributed by atoms with van der Waals surface area (Å²) in [5.41, 5.74) is 0. The van der Waals surface area contributed by atoms with Crippen LogP contribution in [0, 0.1) is 0 Å². The SMILES string of the molecule is C=CCOCC(COS(=O)N(C)C(=O)Oc1cccc2ccccc12)OS(=O)N(C)C(=O)Oc1cccc2ccccc12. The van der Waals surface area contributed by atoms with Gasteiger partial charge >= 0.3 is 12.2 Å². The third kappa shape index (κ3) is 8.46. The largest absolute Gasteiger partial charge is 0.428 e. The van der Waals surface area contributed by atoms with Crippen LogP contribution in [0.25, 0.3) is 21.5 Å². The zero-order chi connectivity index (χ0) is 30.8. The Hall–Kier alpha value is -4.14. The van der Waals surface area contributed by atoms with E-state index in [2.05, 4.69) is 6.58 Å². The first kappa shape index (κ1) is 31.8. The molecule has 43 heavy (non-hydrogen) atoms. The van der Waals surface area contributed by atoms with Crippen LogP contribution in [0.4, 0.5) is 9.59 Å². The fourth-order valence-electron chi connectivity index (χ4n) is 3.79. The molecule has 0 aliphatic heterocycles. The van der Waals surface area contributed by atoms with Crippen LogP contribution in [0.5, 0.6) is 11.5 Å². The summed E-state index contributed by atoms with van der Waals surface area (Å²) in [6.45, 7) is 3.16. The minimum atomic E-state index is -2.34. The van der Waals surface area contributed by atoms with E-state index in [0.29, 0.717) is 16.5 Å². The number of amides is 2. The lowest BCUT2D eigenvalue weighted by Crippen LogP contribution is -2.38. The number of nitrogens with zero attached hydrogens (tertiary/aromatic N) is 2. The van der Waals surface area contributed by atoms with Gasteiger partial charge in [0.2, 0.25) is 0 Å². The van der Waals surface area contributed by atoms with Gasteiger partial charge in [-0.3, -0.25) is 8.37 Å². The summed E-state index contributed by atoms with van der Waals surface area (Å²) in [5, 5.41) is 3.14. The van der Waals surface area contributed by atoms with E-state index >= 15 is 0 Å². The van der Waals surface area contributed by atoms with E-state index in [1.165, 1.54) is 20.2 Å². The molecule has 0 aliphatic carbocycles. The van der Waals surface area contributed by atoms with Gasteiger partial charge in [-0.1, -0.05) is 78.9 Å². The van der Waals surface area contributed by atoms with Crippen LogP contribution < -0.4 is 9.47 Å². The monoisotopic (exact) mass is 626 g/mol. The molecule has 4 rings (SSSR count). The maximum absolute atomic E-state index is 12.9. The normalized spacial score (nSPS) is 13.2. The molecule has 0 bridgehead atoms. The molecule has 0 fully saturated rings. The van der Waals surface area contributed by atoms with Gasteiger partial charge in [0.1, 0.15) is 17.6 Å². The number of hydrogen-bond donors (Lipinski definition) is 0. The highest BCUT2D eigenvalue weighted by molar-refractivity contribution is 7.78. The molecule has 0 aromatic heterocycles. The second-order valence-electron chi connectivity index (χ2n) is 8.95. The zero-order valence-electron chi connectivity index (χ0n) is 23.5. The maximum atomic E-state index is 12.9. The second-order valence-corrected chi connectivity index (χ2v) is 11.3. The fraction of sp³-hybridized carbons (Fsp3) is 0.200. The van der Waals surface area contributed by atoms with Crippen molar-refractivity contribution in [3.63, 3.8) is 0 Å². The summed E-state index contributed by atoms with van der Waals surface area (Å²) < 4.78 is 54.3. The predicted octanol–water partition coefficient (Wildman–Crippen LogP) is 5.32. The number of fused-ring (bicyclic) bond motifs is 2. The minimum absolute atomic E-state index is 0.145. The molecule has 0 heterocycles. The number of carbonyl (C=O) groups is 2. The highest BCUT2D eigenvalue weighted by Crippen LogP contribution is 2.27. The van der Waals surface area contributed by atoms with Crippen molar-refractivity contribution < 1.29 is 40.6 Å². The Balaban J connectivity index is 1.34. The lowest BCUT2D eigenvalue weighted by Gasteiger charge is -2.21. The highest BCUT2D eigenvalue weighted by Gasteiger charge is 2.26. The molecule has 0 saturated carbocycles. The molecule has 4 aromatic rings. The Morgan fingerprint density at radius 1 is 0.744 bits per heavy atom. The van der Waals surface area contributed by atoms with Gasteiger partial charge < -0.3 is 14.2 Å². The maximum Gasteiger partial charge on any atom is 0.428 e. The number of benzene rings is 4. The third-order valence-electron chi connectivity index (χ3n) is 5.97. The summed E-state index contributed by atoms with van der Waals surface area (Å²) >= 11 is -4.65. The number of hydrogen-bond acceptors (Lipinski definition) is 9. The summed E-state index contributed by atoms with van der Waals surface area (Å²) in [6, 6.07) is 25.1. The van der Waals surface area contributed by atoms with Crippen LogP contribution in [0.15, 0.2) is 97.6 Å². The highest BCUT2D eigenvalue weighted by atomic mass is 32.2. The van der Waals surface area contributed by atoms with Gasteiger partial charge in [0, 0.05) is 24.9 Å². The van der Waals surface area contributed by atoms with Gasteiger partial charge in [-0.2, -0.15) is 0 Å². The van der Waals surface area contributed by atoms with Gasteiger partial charge in [0.05, 0.1) is 19.8 Å². The van der Waals surface area contributed by atoms with Gasteiger partial charge in [-0.25, -0.2) is 26.6 Å². The van der Waals surface area contributed by atoms with Crippen LogP contribution in [-0.2, 0) is 35.6 Å². The van der Waals surface area contributed by atoms with Crippen molar-refractivity contribution in [2.24, 2.45) is 0 Å². The van der Waals surface area contributed by atoms with E-state index in [4.69, 9.17) is 22.6 Å². The third-order valence-corrected chi connectivity index (χ3v) is 7.93. The van der Waals surface area contributed by atoms with Crippen LogP contribution >= 0.6 is 0 Å². The molecule has 0 saturated heterocycles. The Kier molecular flexibility index (Phi) is 11.4. The van der Waals surface area contributed by atoms with Crippen molar-refractivity contribution in [2.75, 3.05) is 33.9 Å². The quantitative estimate of drug-likeness (QED) is 0.143. The average Bonchev–Trinajstić information content (AvgIpc) is 3.03. The number of carbonyl (C=O) groups excluding carboxylic acids is 2. The lowest BCUT2D eigenvalue weighted by molar-refractivity contribution is 0.0424. The van der Waals surface area contributed by atoms with E-state index in [0.717, 1.165) is 19.4 Å². The lowest BCUT2D eigenvalue weighted by atomic mass is 10.1. The van der Waals surface area contributed by atoms with Crippen LogP contribution in [0.2, 0.25) is 0 Å². The van der Waals surface area contributed by atoms with Crippen molar-refractivity contribution in [1.82, 2.24) is 8.61 Å². The van der Waals surface area contributed by atoms with Gasteiger partial charge in [0.25, 0.3) is 22.5 Å². The fourth-order valence-corrected chi connectivity index (χ4v) is 5.01. The molecule has 3 unspecified atom stereocenters. The van der Waals surface area contributed by atoms with Gasteiger partial charge in [-0.15, -0.1) is 6.58 Å². The molecular weight excluding hydrogens is 596 g/mol. The number of rotatable bonds is 13. The Bertz CT molecular complexity index is 1640. The van der Waals surface area contributed by atoms with Gasteiger partial charge in [0.15, 0.2) is 0 Å². The average molecular weight is 627 g/mol. The van der Waals surface area contributed by atoms with E-state index < -0.39 is 47.4 Å². The Morgan fingerprint density at radius 3 is 1.77 bits per heavy atom. The van der Waals surface area contributed by atoms with Crippen molar-refractivity contribution >= 4 is 56.3 Å². The summed E-state index contributed by atoms with van der Waals surface area (Å²) in [6.07, 6.45) is -1.41. The summed E-state index contributed by atoms with van der Waals surface area (Å²) in [7, 11) is 2.48. The standard InChI is InChI=1S/C30H30N2O9S2/c1-4-19-37-20-24(41-43(36)32(3)30(34)40-28-18-10-14-23-12-6-8-16-26(23)28)21-38-42(35)31(2)29(33)39-27-17-9-13-22-11-5-7-15-25(22)27/h4-18,24H,1,19-21H2,2-3H3. The Labute approximate surface area is 254 Å².